The van der Waals surface area contributed by atoms with Crippen molar-refractivity contribution in [3.63, 3.8) is 0 Å². The number of fused-ring (bicyclic) bond motifs is 1. The number of rotatable bonds is 10. The first-order chi connectivity index (χ1) is 15.2. The lowest BCUT2D eigenvalue weighted by Gasteiger charge is -2.18. The van der Waals surface area contributed by atoms with Gasteiger partial charge in [0.25, 0.3) is 0 Å². The van der Waals surface area contributed by atoms with Crippen molar-refractivity contribution in [3.8, 4) is 17.3 Å². The Labute approximate surface area is 186 Å². The first-order valence-electron chi connectivity index (χ1n) is 11.7. The molecule has 6 nitrogen and oxygen atoms in total. The molecule has 31 heavy (non-hydrogen) atoms. The fourth-order valence-corrected chi connectivity index (χ4v) is 4.17. The Morgan fingerprint density at radius 3 is 2.55 bits per heavy atom. The summed E-state index contributed by atoms with van der Waals surface area (Å²) < 4.78 is 5.88. The Morgan fingerprint density at radius 1 is 1.10 bits per heavy atom. The third kappa shape index (κ3) is 6.26. The van der Waals surface area contributed by atoms with Crippen LogP contribution < -0.4 is 10.1 Å². The number of amides is 1. The summed E-state index contributed by atoms with van der Waals surface area (Å²) >= 11 is 0. The maximum Gasteiger partial charge on any atom is 0.223 e. The zero-order valence-corrected chi connectivity index (χ0v) is 19.2. The molecule has 1 unspecified atom stereocenters. The van der Waals surface area contributed by atoms with Gasteiger partial charge in [0.2, 0.25) is 11.8 Å². The zero-order chi connectivity index (χ0) is 22.1. The van der Waals surface area contributed by atoms with E-state index >= 15 is 0 Å². The van der Waals surface area contributed by atoms with E-state index in [2.05, 4.69) is 24.1 Å². The molecule has 1 heterocycles. The van der Waals surface area contributed by atoms with Gasteiger partial charge in [-0.25, -0.2) is 4.98 Å². The van der Waals surface area contributed by atoms with Crippen LogP contribution in [0.2, 0.25) is 0 Å². The van der Waals surface area contributed by atoms with Crippen molar-refractivity contribution in [1.82, 2.24) is 20.2 Å². The fraction of sp³-hybridized carbons (Fsp3) is 0.560. The second kappa shape index (κ2) is 11.8. The van der Waals surface area contributed by atoms with Gasteiger partial charge < -0.3 is 15.0 Å². The van der Waals surface area contributed by atoms with Crippen LogP contribution in [-0.2, 0) is 17.6 Å². The molecular formula is C25H36N4O2. The Bertz CT molecular complexity index is 837. The van der Waals surface area contributed by atoms with Crippen LogP contribution in [0.5, 0.6) is 5.88 Å². The highest BCUT2D eigenvalue weighted by Gasteiger charge is 2.26. The molecule has 1 atom stereocenters. The van der Waals surface area contributed by atoms with Gasteiger partial charge in [-0.15, -0.1) is 0 Å². The van der Waals surface area contributed by atoms with Crippen molar-refractivity contribution in [2.75, 3.05) is 32.8 Å². The molecular weight excluding hydrogens is 388 g/mol. The summed E-state index contributed by atoms with van der Waals surface area (Å²) in [5.74, 6) is 1.55. The number of nitrogens with one attached hydrogen (secondary N) is 1. The van der Waals surface area contributed by atoms with Gasteiger partial charge in [0, 0.05) is 23.6 Å². The lowest BCUT2D eigenvalue weighted by Crippen LogP contribution is -2.34. The molecule has 0 saturated heterocycles. The van der Waals surface area contributed by atoms with E-state index in [1.807, 2.05) is 37.3 Å². The maximum absolute atomic E-state index is 12.8. The third-order valence-corrected chi connectivity index (χ3v) is 6.06. The maximum atomic E-state index is 12.8. The van der Waals surface area contributed by atoms with Gasteiger partial charge in [-0.3, -0.25) is 4.79 Å². The smallest absolute Gasteiger partial charge is 0.223 e. The monoisotopic (exact) mass is 424 g/mol. The van der Waals surface area contributed by atoms with E-state index < -0.39 is 0 Å². The summed E-state index contributed by atoms with van der Waals surface area (Å²) in [6.07, 6.45) is 4.15. The van der Waals surface area contributed by atoms with Crippen LogP contribution in [0.25, 0.3) is 11.4 Å². The van der Waals surface area contributed by atoms with E-state index in [4.69, 9.17) is 14.7 Å². The minimum absolute atomic E-state index is 0.0114. The quantitative estimate of drug-likeness (QED) is 0.463. The Hall–Kier alpha value is -2.47. The van der Waals surface area contributed by atoms with Crippen molar-refractivity contribution < 1.29 is 9.53 Å². The lowest BCUT2D eigenvalue weighted by atomic mass is 9.99. The van der Waals surface area contributed by atoms with Gasteiger partial charge in [-0.1, -0.05) is 44.2 Å². The number of hydrogen-bond acceptors (Lipinski definition) is 5. The molecule has 0 spiro atoms. The largest absolute Gasteiger partial charge is 0.478 e. The lowest BCUT2D eigenvalue weighted by molar-refractivity contribution is -0.125. The second-order valence-corrected chi connectivity index (χ2v) is 8.02. The van der Waals surface area contributed by atoms with Crippen molar-refractivity contribution >= 4 is 5.91 Å². The van der Waals surface area contributed by atoms with Crippen LogP contribution in [0.3, 0.4) is 0 Å². The van der Waals surface area contributed by atoms with Crippen molar-refractivity contribution in [2.45, 2.75) is 52.9 Å². The molecule has 0 saturated carbocycles. The Morgan fingerprint density at radius 2 is 1.84 bits per heavy atom. The van der Waals surface area contributed by atoms with Crippen LogP contribution in [0.1, 0.15) is 51.3 Å². The predicted molar refractivity (Wildman–Crippen MR) is 124 cm³/mol. The summed E-state index contributed by atoms with van der Waals surface area (Å²) in [6, 6.07) is 10.0. The van der Waals surface area contributed by atoms with E-state index in [0.29, 0.717) is 18.3 Å². The molecule has 0 radical (unpaired) electrons. The third-order valence-electron chi connectivity index (χ3n) is 6.06. The van der Waals surface area contributed by atoms with Gasteiger partial charge in [0.15, 0.2) is 5.82 Å². The molecule has 0 aliphatic heterocycles. The van der Waals surface area contributed by atoms with Crippen LogP contribution in [0.15, 0.2) is 30.3 Å². The molecule has 1 aliphatic carbocycles. The Kier molecular flexibility index (Phi) is 8.83. The standard InChI is InChI=1S/C25H36N4O2/c1-4-29(5-2)18-10-17-26-24(30)20-13-15-21-22(16-14-20)27-23(28-25(21)31-6-3)19-11-8-7-9-12-19/h7-9,11-12,20H,4-6,10,13-18H2,1-3H3,(H,26,30). The van der Waals surface area contributed by atoms with Crippen LogP contribution in [0.4, 0.5) is 0 Å². The molecule has 168 valence electrons. The molecule has 1 aliphatic rings. The zero-order valence-electron chi connectivity index (χ0n) is 19.2. The van der Waals surface area contributed by atoms with E-state index in [-0.39, 0.29) is 11.8 Å². The van der Waals surface area contributed by atoms with E-state index in [9.17, 15) is 4.79 Å². The summed E-state index contributed by atoms with van der Waals surface area (Å²) in [7, 11) is 0. The van der Waals surface area contributed by atoms with Crippen molar-refractivity contribution in [3.05, 3.63) is 41.6 Å². The molecule has 2 aromatic rings. The highest BCUT2D eigenvalue weighted by molar-refractivity contribution is 5.78. The highest BCUT2D eigenvalue weighted by Crippen LogP contribution is 2.31. The highest BCUT2D eigenvalue weighted by atomic mass is 16.5. The normalized spacial score (nSPS) is 15.9. The minimum atomic E-state index is 0.0114. The number of hydrogen-bond donors (Lipinski definition) is 1. The topological polar surface area (TPSA) is 67.3 Å². The molecule has 0 fully saturated rings. The van der Waals surface area contributed by atoms with Gasteiger partial charge in [-0.05, 0) is 58.7 Å². The second-order valence-electron chi connectivity index (χ2n) is 8.02. The van der Waals surface area contributed by atoms with E-state index in [1.54, 1.807) is 0 Å². The first-order valence-corrected chi connectivity index (χ1v) is 11.7. The van der Waals surface area contributed by atoms with Gasteiger partial charge in [0.05, 0.1) is 12.3 Å². The number of carbonyl (C=O) groups excluding carboxylic acids is 1. The number of aryl methyl sites for hydroxylation is 1. The summed E-state index contributed by atoms with van der Waals surface area (Å²) in [6.45, 7) is 10.8. The van der Waals surface area contributed by atoms with Crippen molar-refractivity contribution in [2.24, 2.45) is 5.92 Å². The number of benzene rings is 1. The van der Waals surface area contributed by atoms with Crippen LogP contribution in [0, 0.1) is 5.92 Å². The molecule has 0 bridgehead atoms. The number of aromatic nitrogens is 2. The summed E-state index contributed by atoms with van der Waals surface area (Å²) in [5.41, 5.74) is 3.07. The van der Waals surface area contributed by atoms with Crippen LogP contribution in [-0.4, -0.2) is 53.6 Å². The molecule has 6 heteroatoms. The molecule has 1 amide bonds. The number of carbonyl (C=O) groups is 1. The van der Waals surface area contributed by atoms with E-state index in [1.165, 1.54) is 0 Å². The molecule has 1 aromatic heterocycles. The number of nitrogens with zero attached hydrogens (tertiary/aromatic N) is 3. The number of ether oxygens (including phenoxy) is 1. The van der Waals surface area contributed by atoms with Gasteiger partial charge >= 0.3 is 0 Å². The first kappa shape index (κ1) is 23.2. The van der Waals surface area contributed by atoms with Gasteiger partial charge in [-0.2, -0.15) is 4.98 Å². The van der Waals surface area contributed by atoms with Gasteiger partial charge in [0.1, 0.15) is 0 Å². The average Bonchev–Trinajstić information content (AvgIpc) is 3.03. The Balaban J connectivity index is 1.65. The van der Waals surface area contributed by atoms with E-state index in [0.717, 1.165) is 75.1 Å². The average molecular weight is 425 g/mol. The minimum Gasteiger partial charge on any atom is -0.478 e. The summed E-state index contributed by atoms with van der Waals surface area (Å²) in [5, 5.41) is 3.15. The molecule has 1 aromatic carbocycles. The van der Waals surface area contributed by atoms with Crippen LogP contribution >= 0.6 is 0 Å². The SMILES string of the molecule is CCOc1nc(-c2ccccc2)nc2c1CCC(C(=O)NCCCN(CC)CC)CC2. The molecule has 1 N–H and O–H groups in total. The summed E-state index contributed by atoms with van der Waals surface area (Å²) in [4.78, 5) is 24.8. The predicted octanol–water partition coefficient (Wildman–Crippen LogP) is 3.89. The molecule has 3 rings (SSSR count). The fourth-order valence-electron chi connectivity index (χ4n) is 4.17. The van der Waals surface area contributed by atoms with Crippen molar-refractivity contribution in [1.29, 1.82) is 0 Å².